The quantitative estimate of drug-likeness (QED) is 0.787. The molecule has 0 N–H and O–H groups in total. The summed E-state index contributed by atoms with van der Waals surface area (Å²) in [5, 5.41) is 8.99. The van der Waals surface area contributed by atoms with Crippen molar-refractivity contribution in [1.29, 1.82) is 5.26 Å². The number of halogens is 1. The molecule has 1 heterocycles. The van der Waals surface area contributed by atoms with Gasteiger partial charge in [0.15, 0.2) is 0 Å². The molecular formula is C17H21FN2O2. The molecule has 22 heavy (non-hydrogen) atoms. The molecule has 118 valence electrons. The predicted octanol–water partition coefficient (Wildman–Crippen LogP) is 4.02. The van der Waals surface area contributed by atoms with Crippen LogP contribution in [0.3, 0.4) is 0 Å². The van der Waals surface area contributed by atoms with E-state index in [1.165, 1.54) is 12.1 Å². The van der Waals surface area contributed by atoms with Gasteiger partial charge in [0.05, 0.1) is 17.7 Å². The third-order valence-corrected chi connectivity index (χ3v) is 3.57. The molecule has 0 aromatic heterocycles. The van der Waals surface area contributed by atoms with Crippen LogP contribution in [0.4, 0.5) is 9.18 Å². The van der Waals surface area contributed by atoms with E-state index in [2.05, 4.69) is 0 Å². The number of amides is 1. The Morgan fingerprint density at radius 3 is 2.68 bits per heavy atom. The van der Waals surface area contributed by atoms with Crippen LogP contribution in [0.1, 0.15) is 51.3 Å². The number of ether oxygens (including phenoxy) is 1. The first-order valence-electron chi connectivity index (χ1n) is 7.40. The highest BCUT2D eigenvalue weighted by Crippen LogP contribution is 2.36. The minimum Gasteiger partial charge on any atom is -0.444 e. The second-order valence-corrected chi connectivity index (χ2v) is 6.87. The number of hydrogen-bond acceptors (Lipinski definition) is 3. The molecule has 5 heteroatoms. The summed E-state index contributed by atoms with van der Waals surface area (Å²) in [6.45, 7) is 8.06. The number of carbonyl (C=O) groups excluding carboxylic acids is 1. The molecule has 1 aliphatic heterocycles. The fourth-order valence-corrected chi connectivity index (χ4v) is 2.75. The van der Waals surface area contributed by atoms with Gasteiger partial charge >= 0.3 is 6.09 Å². The van der Waals surface area contributed by atoms with Crippen molar-refractivity contribution >= 4 is 6.09 Å². The Balaban J connectivity index is 2.30. The van der Waals surface area contributed by atoms with Crippen LogP contribution in [0.5, 0.6) is 0 Å². The van der Waals surface area contributed by atoms with Crippen LogP contribution in [0.2, 0.25) is 0 Å². The minimum atomic E-state index is -0.576. The smallest absolute Gasteiger partial charge is 0.410 e. The van der Waals surface area contributed by atoms with E-state index in [1.54, 1.807) is 11.0 Å². The standard InChI is InChI=1S/C17H21FN2O2/c1-11-5-15(13-6-12(9-19)7-14(18)8-13)20(10-11)16(21)22-17(2,3)4/h6-8,11,15H,5,10H2,1-4H3/t11-,15?/m1/s1. The Labute approximate surface area is 130 Å². The monoisotopic (exact) mass is 304 g/mol. The van der Waals surface area contributed by atoms with Gasteiger partial charge in [-0.3, -0.25) is 0 Å². The van der Waals surface area contributed by atoms with Crippen LogP contribution in [-0.2, 0) is 4.74 Å². The van der Waals surface area contributed by atoms with Gasteiger partial charge in [-0.05, 0) is 56.9 Å². The molecule has 1 fully saturated rings. The number of likely N-dealkylation sites (tertiary alicyclic amines) is 1. The Morgan fingerprint density at radius 2 is 2.09 bits per heavy atom. The van der Waals surface area contributed by atoms with Crippen molar-refractivity contribution in [3.05, 3.63) is 35.1 Å². The average Bonchev–Trinajstić information content (AvgIpc) is 2.78. The predicted molar refractivity (Wildman–Crippen MR) is 80.6 cm³/mol. The Hall–Kier alpha value is -2.09. The maximum Gasteiger partial charge on any atom is 0.410 e. The highest BCUT2D eigenvalue weighted by atomic mass is 19.1. The normalized spacial score (nSPS) is 21.5. The molecule has 0 saturated carbocycles. The van der Waals surface area contributed by atoms with Crippen molar-refractivity contribution in [3.8, 4) is 6.07 Å². The summed E-state index contributed by atoms with van der Waals surface area (Å²) >= 11 is 0. The summed E-state index contributed by atoms with van der Waals surface area (Å²) in [5.41, 5.74) is 0.332. The fourth-order valence-electron chi connectivity index (χ4n) is 2.75. The molecule has 1 aromatic rings. The van der Waals surface area contributed by atoms with Crippen LogP contribution in [0.15, 0.2) is 18.2 Å². The zero-order valence-electron chi connectivity index (χ0n) is 13.4. The van der Waals surface area contributed by atoms with Crippen molar-refractivity contribution in [2.24, 2.45) is 5.92 Å². The van der Waals surface area contributed by atoms with E-state index >= 15 is 0 Å². The Kier molecular flexibility index (Phi) is 4.41. The van der Waals surface area contributed by atoms with Crippen molar-refractivity contribution < 1.29 is 13.9 Å². The summed E-state index contributed by atoms with van der Waals surface area (Å²) in [4.78, 5) is 14.0. The van der Waals surface area contributed by atoms with Crippen LogP contribution >= 0.6 is 0 Å². The summed E-state index contributed by atoms with van der Waals surface area (Å²) in [6, 6.07) is 5.92. The zero-order chi connectivity index (χ0) is 16.5. The summed E-state index contributed by atoms with van der Waals surface area (Å²) < 4.78 is 19.1. The van der Waals surface area contributed by atoms with Gasteiger partial charge in [-0.2, -0.15) is 5.26 Å². The molecule has 0 spiro atoms. The molecule has 1 aromatic carbocycles. The van der Waals surface area contributed by atoms with Crippen LogP contribution in [-0.4, -0.2) is 23.1 Å². The van der Waals surface area contributed by atoms with Crippen molar-refractivity contribution in [3.63, 3.8) is 0 Å². The van der Waals surface area contributed by atoms with Gasteiger partial charge in [-0.1, -0.05) is 6.92 Å². The topological polar surface area (TPSA) is 53.3 Å². The lowest BCUT2D eigenvalue weighted by Crippen LogP contribution is -2.36. The lowest BCUT2D eigenvalue weighted by atomic mass is 9.99. The molecule has 1 unspecified atom stereocenters. The van der Waals surface area contributed by atoms with Gasteiger partial charge in [0.1, 0.15) is 11.4 Å². The molecule has 2 atom stereocenters. The van der Waals surface area contributed by atoms with Gasteiger partial charge in [0.2, 0.25) is 0 Å². The molecule has 0 bridgehead atoms. The highest BCUT2D eigenvalue weighted by Gasteiger charge is 2.36. The number of benzene rings is 1. The third kappa shape index (κ3) is 3.76. The van der Waals surface area contributed by atoms with Crippen LogP contribution < -0.4 is 0 Å². The molecule has 0 aliphatic carbocycles. The largest absolute Gasteiger partial charge is 0.444 e. The highest BCUT2D eigenvalue weighted by molar-refractivity contribution is 5.69. The van der Waals surface area contributed by atoms with Gasteiger partial charge in [-0.15, -0.1) is 0 Å². The summed E-state index contributed by atoms with van der Waals surface area (Å²) in [5.74, 6) is -0.163. The first-order chi connectivity index (χ1) is 10.2. The third-order valence-electron chi connectivity index (χ3n) is 3.57. The van der Waals surface area contributed by atoms with Gasteiger partial charge in [0.25, 0.3) is 0 Å². The lowest BCUT2D eigenvalue weighted by Gasteiger charge is -2.29. The fraction of sp³-hybridized carbons (Fsp3) is 0.529. The van der Waals surface area contributed by atoms with E-state index in [0.717, 1.165) is 6.42 Å². The van der Waals surface area contributed by atoms with E-state index in [4.69, 9.17) is 10.00 Å². The first-order valence-corrected chi connectivity index (χ1v) is 7.40. The number of carbonyl (C=O) groups is 1. The zero-order valence-corrected chi connectivity index (χ0v) is 13.4. The van der Waals surface area contributed by atoms with Crippen molar-refractivity contribution in [2.75, 3.05) is 6.54 Å². The maximum absolute atomic E-state index is 13.7. The molecule has 0 radical (unpaired) electrons. The van der Waals surface area contributed by atoms with E-state index in [9.17, 15) is 9.18 Å². The van der Waals surface area contributed by atoms with Crippen molar-refractivity contribution in [2.45, 2.75) is 45.8 Å². The number of nitrogens with zero attached hydrogens (tertiary/aromatic N) is 2. The molecule has 1 saturated heterocycles. The summed E-state index contributed by atoms with van der Waals surface area (Å²) in [7, 11) is 0. The van der Waals surface area contributed by atoms with E-state index < -0.39 is 17.5 Å². The van der Waals surface area contributed by atoms with Crippen LogP contribution in [0.25, 0.3) is 0 Å². The van der Waals surface area contributed by atoms with Gasteiger partial charge < -0.3 is 9.64 Å². The molecule has 1 amide bonds. The van der Waals surface area contributed by atoms with Gasteiger partial charge in [0, 0.05) is 6.54 Å². The molecule has 2 rings (SSSR count). The minimum absolute atomic E-state index is 0.257. The first kappa shape index (κ1) is 16.3. The van der Waals surface area contributed by atoms with Crippen LogP contribution in [0, 0.1) is 23.1 Å². The maximum atomic E-state index is 13.7. The SMILES string of the molecule is C[C@@H]1CC(c2cc(F)cc(C#N)c2)N(C(=O)OC(C)(C)C)C1. The van der Waals surface area contributed by atoms with E-state index in [0.29, 0.717) is 18.0 Å². The molecular weight excluding hydrogens is 283 g/mol. The average molecular weight is 304 g/mol. The molecule has 4 nitrogen and oxygen atoms in total. The Morgan fingerprint density at radius 1 is 1.41 bits per heavy atom. The second-order valence-electron chi connectivity index (χ2n) is 6.87. The lowest BCUT2D eigenvalue weighted by molar-refractivity contribution is 0.0220. The van der Waals surface area contributed by atoms with E-state index in [-0.39, 0.29) is 11.6 Å². The second kappa shape index (κ2) is 5.96. The number of hydrogen-bond donors (Lipinski definition) is 0. The van der Waals surface area contributed by atoms with Gasteiger partial charge in [-0.25, -0.2) is 9.18 Å². The Bertz CT molecular complexity index is 616. The molecule has 1 aliphatic rings. The number of rotatable bonds is 1. The van der Waals surface area contributed by atoms with Crippen molar-refractivity contribution in [1.82, 2.24) is 4.90 Å². The number of nitriles is 1. The summed E-state index contributed by atoms with van der Waals surface area (Å²) in [6.07, 6.45) is 0.331. The van der Waals surface area contributed by atoms with E-state index in [1.807, 2.05) is 33.8 Å².